The fourth-order valence-corrected chi connectivity index (χ4v) is 1.30. The van der Waals surface area contributed by atoms with E-state index in [1.807, 2.05) is 0 Å². The Kier molecular flexibility index (Phi) is 6.12. The smallest absolute Gasteiger partial charge is 0.256 e. The largest absolute Gasteiger partial charge is 0.345 e. The molecule has 1 aromatic rings. The molecule has 5 nitrogen and oxygen atoms in total. The summed E-state index contributed by atoms with van der Waals surface area (Å²) in [6, 6.07) is 3.81. The molecule has 0 radical (unpaired) electrons. The van der Waals surface area contributed by atoms with Crippen LogP contribution < -0.4 is 11.1 Å². The molecule has 0 saturated carbocycles. The number of carbonyl (C=O) groups excluding carboxylic acids is 2. The third-order valence-electron chi connectivity index (χ3n) is 2.45. The second-order valence-corrected chi connectivity index (χ2v) is 5.07. The van der Waals surface area contributed by atoms with Crippen LogP contribution in [0.4, 0.5) is 10.1 Å². The fourth-order valence-electron chi connectivity index (χ4n) is 1.30. The molecule has 0 aromatic heterocycles. The maximum absolute atomic E-state index is 13.6. The molecule has 3 N–H and O–H groups in total. The van der Waals surface area contributed by atoms with Gasteiger partial charge in [0.05, 0.1) is 11.1 Å². The van der Waals surface area contributed by atoms with E-state index in [1.54, 1.807) is 13.8 Å². The first-order valence-corrected chi connectivity index (χ1v) is 5.74. The number of hydrogen-bond acceptors (Lipinski definition) is 3. The van der Waals surface area contributed by atoms with Crippen LogP contribution in [0.15, 0.2) is 18.2 Å². The van der Waals surface area contributed by atoms with Crippen molar-refractivity contribution in [1.82, 2.24) is 4.90 Å². The monoisotopic (exact) mass is 303 g/mol. The van der Waals surface area contributed by atoms with Gasteiger partial charge in [0, 0.05) is 19.8 Å². The average molecular weight is 304 g/mol. The van der Waals surface area contributed by atoms with Crippen LogP contribution in [-0.2, 0) is 4.79 Å². The molecule has 0 aliphatic heterocycles. The van der Waals surface area contributed by atoms with E-state index in [1.165, 1.54) is 31.1 Å². The Morgan fingerprint density at radius 1 is 1.30 bits per heavy atom. The summed E-state index contributed by atoms with van der Waals surface area (Å²) in [5.41, 5.74) is 4.82. The summed E-state index contributed by atoms with van der Waals surface area (Å²) in [5.74, 6) is -1.52. The third-order valence-corrected chi connectivity index (χ3v) is 2.45. The molecule has 7 heteroatoms. The predicted octanol–water partition coefficient (Wildman–Crippen LogP) is 1.63. The fraction of sp³-hybridized carbons (Fsp3) is 0.385. The number of nitrogens with zero attached hydrogens (tertiary/aromatic N) is 1. The highest BCUT2D eigenvalue weighted by Gasteiger charge is 2.22. The number of halogens is 2. The van der Waals surface area contributed by atoms with Crippen molar-refractivity contribution in [3.63, 3.8) is 0 Å². The molecule has 20 heavy (non-hydrogen) atoms. The van der Waals surface area contributed by atoms with Crippen LogP contribution in [0.1, 0.15) is 24.2 Å². The number of amides is 2. The molecule has 0 spiro atoms. The topological polar surface area (TPSA) is 75.4 Å². The quantitative estimate of drug-likeness (QED) is 0.891. The first-order valence-electron chi connectivity index (χ1n) is 5.74. The molecule has 0 atom stereocenters. The molecule has 0 bridgehead atoms. The van der Waals surface area contributed by atoms with E-state index in [2.05, 4.69) is 5.32 Å². The van der Waals surface area contributed by atoms with Crippen molar-refractivity contribution in [2.45, 2.75) is 19.4 Å². The molecule has 0 saturated heterocycles. The number of benzene rings is 1. The summed E-state index contributed by atoms with van der Waals surface area (Å²) >= 11 is 0. The highest BCUT2D eigenvalue weighted by Crippen LogP contribution is 2.17. The normalized spacial score (nSPS) is 10.5. The standard InChI is InChI=1S/C13H18FN3O2.ClH/c1-13(2,15)12(19)16-8-5-6-10(14)9(7-8)11(18)17(3)4;/h5-7H,15H2,1-4H3,(H,16,19);1H. The van der Waals surface area contributed by atoms with Crippen molar-refractivity contribution in [1.29, 1.82) is 0 Å². The van der Waals surface area contributed by atoms with Crippen molar-refractivity contribution in [3.05, 3.63) is 29.6 Å². The van der Waals surface area contributed by atoms with Crippen molar-refractivity contribution in [2.75, 3.05) is 19.4 Å². The van der Waals surface area contributed by atoms with Crippen LogP contribution in [0.5, 0.6) is 0 Å². The van der Waals surface area contributed by atoms with E-state index in [9.17, 15) is 14.0 Å². The van der Waals surface area contributed by atoms with Crippen molar-refractivity contribution < 1.29 is 14.0 Å². The Labute approximate surface area is 123 Å². The van der Waals surface area contributed by atoms with Gasteiger partial charge >= 0.3 is 0 Å². The lowest BCUT2D eigenvalue weighted by molar-refractivity contribution is -0.120. The van der Waals surface area contributed by atoms with Crippen molar-refractivity contribution in [2.24, 2.45) is 5.73 Å². The highest BCUT2D eigenvalue weighted by molar-refractivity contribution is 5.99. The van der Waals surface area contributed by atoms with Gasteiger partial charge in [0.2, 0.25) is 5.91 Å². The van der Waals surface area contributed by atoms with Gasteiger partial charge in [-0.15, -0.1) is 12.4 Å². The van der Waals surface area contributed by atoms with Crippen LogP contribution in [0, 0.1) is 5.82 Å². The molecule has 0 fully saturated rings. The summed E-state index contributed by atoms with van der Waals surface area (Å²) < 4.78 is 13.6. The van der Waals surface area contributed by atoms with E-state index in [0.717, 1.165) is 6.07 Å². The number of nitrogens with one attached hydrogen (secondary N) is 1. The summed E-state index contributed by atoms with van der Waals surface area (Å²) in [5, 5.41) is 2.54. The lowest BCUT2D eigenvalue weighted by Gasteiger charge is -2.18. The van der Waals surface area contributed by atoms with Gasteiger partial charge in [0.15, 0.2) is 0 Å². The van der Waals surface area contributed by atoms with Gasteiger partial charge < -0.3 is 16.0 Å². The van der Waals surface area contributed by atoms with E-state index in [0.29, 0.717) is 5.69 Å². The summed E-state index contributed by atoms with van der Waals surface area (Å²) in [6.07, 6.45) is 0. The minimum atomic E-state index is -1.06. The summed E-state index contributed by atoms with van der Waals surface area (Å²) in [4.78, 5) is 24.7. The van der Waals surface area contributed by atoms with Crippen molar-refractivity contribution in [3.8, 4) is 0 Å². The maximum Gasteiger partial charge on any atom is 0.256 e. The number of hydrogen-bond donors (Lipinski definition) is 2. The van der Waals surface area contributed by atoms with Crippen LogP contribution >= 0.6 is 12.4 Å². The van der Waals surface area contributed by atoms with Gasteiger partial charge in [-0.25, -0.2) is 4.39 Å². The summed E-state index contributed by atoms with van der Waals surface area (Å²) in [6.45, 7) is 3.11. The van der Waals surface area contributed by atoms with Crippen molar-refractivity contribution >= 4 is 29.9 Å². The Morgan fingerprint density at radius 2 is 1.85 bits per heavy atom. The van der Waals surface area contributed by atoms with Gasteiger partial charge in [-0.3, -0.25) is 9.59 Å². The Morgan fingerprint density at radius 3 is 2.30 bits per heavy atom. The summed E-state index contributed by atoms with van der Waals surface area (Å²) in [7, 11) is 3.05. The second-order valence-electron chi connectivity index (χ2n) is 5.07. The number of rotatable bonds is 3. The zero-order valence-corrected chi connectivity index (χ0v) is 12.7. The molecule has 1 aromatic carbocycles. The highest BCUT2D eigenvalue weighted by atomic mass is 35.5. The maximum atomic E-state index is 13.6. The predicted molar refractivity (Wildman–Crippen MR) is 78.6 cm³/mol. The van der Waals surface area contributed by atoms with E-state index >= 15 is 0 Å². The molecule has 112 valence electrons. The number of carbonyl (C=O) groups is 2. The average Bonchev–Trinajstić information content (AvgIpc) is 2.29. The zero-order chi connectivity index (χ0) is 14.8. The molecular weight excluding hydrogens is 285 g/mol. The minimum absolute atomic E-state index is 0. The molecule has 0 unspecified atom stereocenters. The molecule has 1 rings (SSSR count). The first kappa shape index (κ1) is 18.3. The van der Waals surface area contributed by atoms with Crippen LogP contribution in [0.3, 0.4) is 0 Å². The second kappa shape index (κ2) is 6.67. The van der Waals surface area contributed by atoms with Gasteiger partial charge in [0.25, 0.3) is 5.91 Å². The Balaban J connectivity index is 0.00000361. The van der Waals surface area contributed by atoms with Gasteiger partial charge in [-0.2, -0.15) is 0 Å². The molecule has 0 aliphatic rings. The van der Waals surface area contributed by atoms with Crippen LogP contribution in [-0.4, -0.2) is 36.3 Å². The Bertz CT molecular complexity index is 513. The molecule has 0 heterocycles. The lowest BCUT2D eigenvalue weighted by Crippen LogP contribution is -2.45. The van der Waals surface area contributed by atoms with Gasteiger partial charge in [-0.05, 0) is 32.0 Å². The number of anilines is 1. The SMILES string of the molecule is CN(C)C(=O)c1cc(NC(=O)C(C)(C)N)ccc1F.Cl. The first-order chi connectivity index (χ1) is 8.62. The minimum Gasteiger partial charge on any atom is -0.345 e. The van der Waals surface area contributed by atoms with Crippen LogP contribution in [0.25, 0.3) is 0 Å². The molecular formula is C13H19ClFN3O2. The van der Waals surface area contributed by atoms with E-state index < -0.39 is 23.2 Å². The Hall–Kier alpha value is -1.66. The lowest BCUT2D eigenvalue weighted by atomic mass is 10.1. The van der Waals surface area contributed by atoms with E-state index in [-0.39, 0.29) is 18.0 Å². The zero-order valence-electron chi connectivity index (χ0n) is 11.9. The van der Waals surface area contributed by atoms with Gasteiger partial charge in [0.1, 0.15) is 5.82 Å². The van der Waals surface area contributed by atoms with Crippen LogP contribution in [0.2, 0.25) is 0 Å². The molecule has 2 amide bonds. The molecule has 0 aliphatic carbocycles. The number of nitrogens with two attached hydrogens (primary N) is 1. The van der Waals surface area contributed by atoms with Gasteiger partial charge in [-0.1, -0.05) is 0 Å². The van der Waals surface area contributed by atoms with E-state index in [4.69, 9.17) is 5.73 Å². The third kappa shape index (κ3) is 4.47.